The van der Waals surface area contributed by atoms with E-state index in [2.05, 4.69) is 4.98 Å². The lowest BCUT2D eigenvalue weighted by Gasteiger charge is -2.05. The van der Waals surface area contributed by atoms with E-state index in [9.17, 15) is 4.79 Å². The molecule has 0 aliphatic rings. The van der Waals surface area contributed by atoms with Crippen molar-refractivity contribution in [3.05, 3.63) is 52.0 Å². The molecule has 0 aliphatic carbocycles. The molecule has 0 spiro atoms. The Morgan fingerprint density at radius 2 is 2.11 bits per heavy atom. The number of aromatic nitrogens is 1. The van der Waals surface area contributed by atoms with Gasteiger partial charge in [0.05, 0.1) is 23.2 Å². The van der Waals surface area contributed by atoms with Crippen LogP contribution in [0.3, 0.4) is 0 Å². The minimum atomic E-state index is 0.109. The largest absolute Gasteiger partial charge is 0.381 e. The molecule has 0 fully saturated rings. The minimum Gasteiger partial charge on any atom is -0.381 e. The summed E-state index contributed by atoms with van der Waals surface area (Å²) in [5.41, 5.74) is 1.58. The Hall–Kier alpha value is -1.52. The van der Waals surface area contributed by atoms with Crippen molar-refractivity contribution in [2.45, 2.75) is 25.9 Å². The lowest BCUT2D eigenvalue weighted by atomic mass is 10.1. The molecule has 0 amide bonds. The fraction of sp³-hybridized carbons (Fsp3) is 0.333. The lowest BCUT2D eigenvalue weighted by molar-refractivity contribution is 0.0992. The molecule has 1 aromatic heterocycles. The average Bonchev–Trinajstić information content (AvgIpc) is 2.86. The van der Waals surface area contributed by atoms with Crippen molar-refractivity contribution in [3.63, 3.8) is 0 Å². The molecule has 0 aliphatic heterocycles. The molecular weight excluding hydrogens is 258 g/mol. The fourth-order valence-corrected chi connectivity index (χ4v) is 2.65. The van der Waals surface area contributed by atoms with E-state index in [-0.39, 0.29) is 11.9 Å². The van der Waals surface area contributed by atoms with E-state index in [1.165, 1.54) is 0 Å². The summed E-state index contributed by atoms with van der Waals surface area (Å²) in [5, 5.41) is 2.98. The van der Waals surface area contributed by atoms with E-state index < -0.39 is 0 Å². The molecular formula is C15H17NO2S. The third-order valence-corrected chi connectivity index (χ3v) is 3.82. The molecule has 2 rings (SSSR count). The number of thiazole rings is 1. The second-order valence-electron chi connectivity index (χ2n) is 4.45. The Morgan fingerprint density at radius 1 is 1.37 bits per heavy atom. The summed E-state index contributed by atoms with van der Waals surface area (Å²) in [6.45, 7) is 2.01. The number of carbonyl (C=O) groups excluding carboxylic acids is 1. The van der Waals surface area contributed by atoms with Crippen molar-refractivity contribution < 1.29 is 9.53 Å². The van der Waals surface area contributed by atoms with Gasteiger partial charge in [0.2, 0.25) is 0 Å². The van der Waals surface area contributed by atoms with Gasteiger partial charge in [-0.2, -0.15) is 0 Å². The highest BCUT2D eigenvalue weighted by Crippen LogP contribution is 2.15. The summed E-state index contributed by atoms with van der Waals surface area (Å²) >= 11 is 1.59. The molecule has 1 heterocycles. The normalized spacial score (nSPS) is 12.3. The maximum Gasteiger partial charge on any atom is 0.168 e. The molecule has 0 N–H and O–H groups in total. The van der Waals surface area contributed by atoms with Gasteiger partial charge in [0, 0.05) is 24.5 Å². The smallest absolute Gasteiger partial charge is 0.168 e. The van der Waals surface area contributed by atoms with Crippen LogP contribution in [0.2, 0.25) is 0 Å². The van der Waals surface area contributed by atoms with Crippen molar-refractivity contribution in [2.75, 3.05) is 7.11 Å². The first kappa shape index (κ1) is 13.9. The maximum atomic E-state index is 12.0. The molecule has 3 nitrogen and oxygen atoms in total. The van der Waals surface area contributed by atoms with Gasteiger partial charge < -0.3 is 4.74 Å². The number of rotatable bonds is 6. The fourth-order valence-electron chi connectivity index (χ4n) is 1.74. The number of ether oxygens (including phenoxy) is 1. The van der Waals surface area contributed by atoms with Crippen LogP contribution in [0.1, 0.15) is 28.0 Å². The zero-order valence-corrected chi connectivity index (χ0v) is 11.9. The first-order valence-electron chi connectivity index (χ1n) is 6.23. The molecule has 1 aromatic carbocycles. The maximum absolute atomic E-state index is 12.0. The third-order valence-electron chi connectivity index (χ3n) is 2.90. The minimum absolute atomic E-state index is 0.109. The molecule has 2 aromatic rings. The Balaban J connectivity index is 1.98. The highest BCUT2D eigenvalue weighted by molar-refractivity contribution is 7.09. The first-order valence-corrected chi connectivity index (χ1v) is 7.11. The molecule has 0 saturated heterocycles. The Kier molecular flexibility index (Phi) is 4.82. The second-order valence-corrected chi connectivity index (χ2v) is 5.39. The van der Waals surface area contributed by atoms with Gasteiger partial charge in [-0.25, -0.2) is 4.98 Å². The summed E-state index contributed by atoms with van der Waals surface area (Å²) < 4.78 is 5.21. The van der Waals surface area contributed by atoms with E-state index in [1.807, 2.05) is 42.6 Å². The Labute approximate surface area is 117 Å². The molecule has 1 atom stereocenters. The predicted octanol–water partition coefficient (Wildman–Crippen LogP) is 3.15. The number of hydrogen-bond donors (Lipinski definition) is 0. The van der Waals surface area contributed by atoms with Gasteiger partial charge in [-0.15, -0.1) is 11.3 Å². The van der Waals surface area contributed by atoms with Gasteiger partial charge in [-0.05, 0) is 6.92 Å². The highest BCUT2D eigenvalue weighted by Gasteiger charge is 2.11. The summed E-state index contributed by atoms with van der Waals surface area (Å²) in [6, 6.07) is 9.33. The van der Waals surface area contributed by atoms with Crippen LogP contribution >= 0.6 is 11.3 Å². The molecule has 19 heavy (non-hydrogen) atoms. The number of carbonyl (C=O) groups is 1. The van der Waals surface area contributed by atoms with Crippen molar-refractivity contribution >= 4 is 17.1 Å². The molecule has 1 unspecified atom stereocenters. The average molecular weight is 275 g/mol. The van der Waals surface area contributed by atoms with Crippen LogP contribution < -0.4 is 0 Å². The number of ketones is 1. The summed E-state index contributed by atoms with van der Waals surface area (Å²) in [6.07, 6.45) is 1.31. The Morgan fingerprint density at radius 3 is 2.79 bits per heavy atom. The van der Waals surface area contributed by atoms with Gasteiger partial charge in [0.15, 0.2) is 5.78 Å². The number of hydrogen-bond acceptors (Lipinski definition) is 4. The monoisotopic (exact) mass is 275 g/mol. The molecule has 0 saturated carbocycles. The van der Waals surface area contributed by atoms with Crippen LogP contribution in [0, 0.1) is 0 Å². The molecule has 0 radical (unpaired) electrons. The van der Waals surface area contributed by atoms with Gasteiger partial charge in [-0.1, -0.05) is 30.3 Å². The van der Waals surface area contributed by atoms with Crippen molar-refractivity contribution in [1.29, 1.82) is 0 Å². The predicted molar refractivity (Wildman–Crippen MR) is 76.8 cm³/mol. The number of nitrogens with zero attached hydrogens (tertiary/aromatic N) is 1. The number of methoxy groups -OCH3 is 1. The number of Topliss-reactive ketones (excluding diaryl/α,β-unsaturated/α-hetero) is 1. The highest BCUT2D eigenvalue weighted by atomic mass is 32.1. The van der Waals surface area contributed by atoms with Gasteiger partial charge >= 0.3 is 0 Å². The van der Waals surface area contributed by atoms with Gasteiger partial charge in [0.25, 0.3) is 0 Å². The van der Waals surface area contributed by atoms with Crippen LogP contribution in [-0.2, 0) is 17.6 Å². The number of benzene rings is 1. The second kappa shape index (κ2) is 6.59. The van der Waals surface area contributed by atoms with Crippen LogP contribution in [0.4, 0.5) is 0 Å². The first-order chi connectivity index (χ1) is 9.19. The third kappa shape index (κ3) is 3.98. The van der Waals surface area contributed by atoms with E-state index in [0.717, 1.165) is 22.7 Å². The zero-order chi connectivity index (χ0) is 13.7. The van der Waals surface area contributed by atoms with E-state index in [1.54, 1.807) is 18.4 Å². The summed E-state index contributed by atoms with van der Waals surface area (Å²) in [7, 11) is 1.69. The van der Waals surface area contributed by atoms with Crippen LogP contribution in [0.5, 0.6) is 0 Å². The van der Waals surface area contributed by atoms with Crippen LogP contribution in [0.25, 0.3) is 0 Å². The van der Waals surface area contributed by atoms with E-state index >= 15 is 0 Å². The van der Waals surface area contributed by atoms with Crippen molar-refractivity contribution in [1.82, 2.24) is 4.98 Å². The van der Waals surface area contributed by atoms with Crippen LogP contribution in [0.15, 0.2) is 35.7 Å². The van der Waals surface area contributed by atoms with Crippen LogP contribution in [-0.4, -0.2) is 24.0 Å². The van der Waals surface area contributed by atoms with Crippen molar-refractivity contribution in [3.8, 4) is 0 Å². The standard InChI is InChI=1S/C15H17NO2S/c1-11(18-2)8-15-16-13(10-19-15)9-14(17)12-6-4-3-5-7-12/h3-7,10-11H,8-9H2,1-2H3. The quantitative estimate of drug-likeness (QED) is 0.760. The van der Waals surface area contributed by atoms with Gasteiger partial charge in [0.1, 0.15) is 0 Å². The summed E-state index contributed by atoms with van der Waals surface area (Å²) in [5.74, 6) is 0.109. The molecule has 100 valence electrons. The topological polar surface area (TPSA) is 39.2 Å². The van der Waals surface area contributed by atoms with E-state index in [0.29, 0.717) is 6.42 Å². The lowest BCUT2D eigenvalue weighted by Crippen LogP contribution is -2.08. The molecule has 0 bridgehead atoms. The van der Waals surface area contributed by atoms with Gasteiger partial charge in [-0.3, -0.25) is 4.79 Å². The van der Waals surface area contributed by atoms with Crippen molar-refractivity contribution in [2.24, 2.45) is 0 Å². The SMILES string of the molecule is COC(C)Cc1nc(CC(=O)c2ccccc2)cs1. The van der Waals surface area contributed by atoms with E-state index in [4.69, 9.17) is 4.74 Å². The zero-order valence-electron chi connectivity index (χ0n) is 11.1. The summed E-state index contributed by atoms with van der Waals surface area (Å²) in [4.78, 5) is 16.5. The Bertz CT molecular complexity index is 536. The molecule has 4 heteroatoms.